The molecule has 2 heterocycles. The van der Waals surface area contributed by atoms with Gasteiger partial charge >= 0.3 is 0 Å². The minimum absolute atomic E-state index is 0.324. The van der Waals surface area contributed by atoms with Gasteiger partial charge in [-0.3, -0.25) is 0 Å². The van der Waals surface area contributed by atoms with Crippen molar-refractivity contribution in [2.75, 3.05) is 27.6 Å². The van der Waals surface area contributed by atoms with Crippen molar-refractivity contribution in [3.05, 3.63) is 47.0 Å². The Morgan fingerprint density at radius 2 is 1.71 bits per heavy atom. The highest BCUT2D eigenvalue weighted by molar-refractivity contribution is 5.48. The zero-order chi connectivity index (χ0) is 16.5. The Kier molecular flexibility index (Phi) is 3.94. The maximum absolute atomic E-state index is 5.48. The van der Waals surface area contributed by atoms with E-state index < -0.39 is 0 Å². The summed E-state index contributed by atoms with van der Waals surface area (Å²) in [6.45, 7) is 3.40. The average molecular weight is 328 g/mol. The van der Waals surface area contributed by atoms with E-state index in [9.17, 15) is 0 Å². The third-order valence-electron chi connectivity index (χ3n) is 4.79. The molecule has 0 amide bonds. The fraction of sp³-hybridized carbons (Fsp3) is 0.368. The number of methoxy groups -OCH3 is 2. The summed E-state index contributed by atoms with van der Waals surface area (Å²) in [4.78, 5) is 1.54. The number of hydrogen-bond donors (Lipinski definition) is 1. The molecule has 4 rings (SSSR count). The highest BCUT2D eigenvalue weighted by atomic mass is 16.7. The fourth-order valence-electron chi connectivity index (χ4n) is 3.52. The van der Waals surface area contributed by atoms with Gasteiger partial charge in [-0.25, -0.2) is 0 Å². The van der Waals surface area contributed by atoms with Crippen molar-refractivity contribution in [2.24, 2.45) is 0 Å². The van der Waals surface area contributed by atoms with Crippen LogP contribution < -0.4 is 23.8 Å². The van der Waals surface area contributed by atoms with Crippen LogP contribution in [0.4, 0.5) is 0 Å². The molecule has 1 atom stereocenters. The third-order valence-corrected chi connectivity index (χ3v) is 4.79. The van der Waals surface area contributed by atoms with Gasteiger partial charge in [0.25, 0.3) is 0 Å². The van der Waals surface area contributed by atoms with Crippen LogP contribution in [0.25, 0.3) is 0 Å². The molecule has 0 saturated heterocycles. The van der Waals surface area contributed by atoms with Gasteiger partial charge in [-0.2, -0.15) is 0 Å². The lowest BCUT2D eigenvalue weighted by atomic mass is 9.98. The molecule has 126 valence electrons. The summed E-state index contributed by atoms with van der Waals surface area (Å²) >= 11 is 0. The summed E-state index contributed by atoms with van der Waals surface area (Å²) in [6, 6.07) is 10.5. The van der Waals surface area contributed by atoms with Gasteiger partial charge in [0.2, 0.25) is 6.79 Å². The largest absolute Gasteiger partial charge is 0.493 e. The summed E-state index contributed by atoms with van der Waals surface area (Å²) in [5.74, 6) is 3.32. The van der Waals surface area contributed by atoms with Crippen LogP contribution in [-0.4, -0.2) is 27.6 Å². The van der Waals surface area contributed by atoms with Crippen LogP contribution in [0.1, 0.15) is 16.7 Å². The first-order chi connectivity index (χ1) is 11.8. The second-order valence-electron chi connectivity index (χ2n) is 6.27. The van der Waals surface area contributed by atoms with Crippen molar-refractivity contribution in [2.45, 2.75) is 19.5 Å². The van der Waals surface area contributed by atoms with E-state index in [1.165, 1.54) is 21.6 Å². The molecular weight excluding hydrogens is 306 g/mol. The Morgan fingerprint density at radius 3 is 2.50 bits per heavy atom. The molecule has 0 bridgehead atoms. The van der Waals surface area contributed by atoms with Crippen LogP contribution in [0.5, 0.6) is 23.0 Å². The molecule has 0 aliphatic carbocycles. The lowest BCUT2D eigenvalue weighted by molar-refractivity contribution is -0.929. The molecule has 2 aromatic rings. The molecule has 0 radical (unpaired) electrons. The predicted molar refractivity (Wildman–Crippen MR) is 89.1 cm³/mol. The van der Waals surface area contributed by atoms with Crippen LogP contribution in [0.2, 0.25) is 0 Å². The lowest BCUT2D eigenvalue weighted by Gasteiger charge is -2.27. The van der Waals surface area contributed by atoms with E-state index in [0.717, 1.165) is 49.1 Å². The van der Waals surface area contributed by atoms with E-state index in [4.69, 9.17) is 18.9 Å². The number of quaternary nitrogens is 1. The van der Waals surface area contributed by atoms with E-state index >= 15 is 0 Å². The molecule has 0 spiro atoms. The Balaban J connectivity index is 1.52. The van der Waals surface area contributed by atoms with Crippen LogP contribution in [-0.2, 0) is 19.5 Å². The van der Waals surface area contributed by atoms with Gasteiger partial charge in [-0.15, -0.1) is 0 Å². The van der Waals surface area contributed by atoms with Gasteiger partial charge in [0.1, 0.15) is 13.1 Å². The van der Waals surface area contributed by atoms with E-state index in [1.807, 2.05) is 6.07 Å². The van der Waals surface area contributed by atoms with E-state index in [-0.39, 0.29) is 0 Å². The molecule has 0 aromatic heterocycles. The zero-order valence-electron chi connectivity index (χ0n) is 14.1. The van der Waals surface area contributed by atoms with Crippen molar-refractivity contribution in [1.82, 2.24) is 0 Å². The number of benzene rings is 2. The quantitative estimate of drug-likeness (QED) is 0.925. The van der Waals surface area contributed by atoms with Gasteiger partial charge < -0.3 is 23.8 Å². The molecule has 0 saturated carbocycles. The first-order valence-corrected chi connectivity index (χ1v) is 8.22. The standard InChI is InChI=1S/C19H21NO4/c1-21-17-8-14-5-6-20(11-15(14)9-18(17)22-2)10-13-3-4-16-19(7-13)24-12-23-16/h3-4,7-9H,5-6,10-12H2,1-2H3/p+1. The highest BCUT2D eigenvalue weighted by Crippen LogP contribution is 2.33. The van der Waals surface area contributed by atoms with Crippen molar-refractivity contribution in [3.63, 3.8) is 0 Å². The summed E-state index contributed by atoms with van der Waals surface area (Å²) in [5.41, 5.74) is 3.98. The van der Waals surface area contributed by atoms with Gasteiger partial charge in [0.05, 0.1) is 20.8 Å². The molecular formula is C19H22NO4+. The van der Waals surface area contributed by atoms with Crippen LogP contribution in [0.3, 0.4) is 0 Å². The monoisotopic (exact) mass is 328 g/mol. The fourth-order valence-corrected chi connectivity index (χ4v) is 3.52. The van der Waals surface area contributed by atoms with Gasteiger partial charge in [-0.1, -0.05) is 0 Å². The number of rotatable bonds is 4. The van der Waals surface area contributed by atoms with Crippen LogP contribution >= 0.6 is 0 Å². The number of hydrogen-bond acceptors (Lipinski definition) is 4. The van der Waals surface area contributed by atoms with Crippen molar-refractivity contribution < 1.29 is 23.8 Å². The number of fused-ring (bicyclic) bond motifs is 2. The molecule has 1 N–H and O–H groups in total. The van der Waals surface area contributed by atoms with Crippen LogP contribution in [0, 0.1) is 0 Å². The maximum Gasteiger partial charge on any atom is 0.231 e. The number of ether oxygens (including phenoxy) is 4. The smallest absolute Gasteiger partial charge is 0.231 e. The number of nitrogens with one attached hydrogen (secondary N) is 1. The molecule has 0 fully saturated rings. The Hall–Kier alpha value is -2.40. The third kappa shape index (κ3) is 2.76. The summed E-state index contributed by atoms with van der Waals surface area (Å²) in [7, 11) is 3.37. The van der Waals surface area contributed by atoms with Gasteiger partial charge in [0.15, 0.2) is 23.0 Å². The maximum atomic E-state index is 5.48. The molecule has 2 aromatic carbocycles. The second-order valence-corrected chi connectivity index (χ2v) is 6.27. The molecule has 24 heavy (non-hydrogen) atoms. The normalized spacial score (nSPS) is 18.2. The second kappa shape index (κ2) is 6.24. The molecule has 5 nitrogen and oxygen atoms in total. The Morgan fingerprint density at radius 1 is 0.958 bits per heavy atom. The molecule has 5 heteroatoms. The first-order valence-electron chi connectivity index (χ1n) is 8.22. The van der Waals surface area contributed by atoms with E-state index in [2.05, 4.69) is 24.3 Å². The Labute approximate surface area is 141 Å². The van der Waals surface area contributed by atoms with Gasteiger partial charge in [0, 0.05) is 17.5 Å². The Bertz CT molecular complexity index is 759. The predicted octanol–water partition coefficient (Wildman–Crippen LogP) is 1.57. The highest BCUT2D eigenvalue weighted by Gasteiger charge is 2.23. The lowest BCUT2D eigenvalue weighted by Crippen LogP contribution is -3.10. The minimum Gasteiger partial charge on any atom is -0.493 e. The SMILES string of the molecule is COc1cc2c(cc1OC)C[NH+](Cc1ccc3c(c1)OCO3)CC2. The summed E-state index contributed by atoms with van der Waals surface area (Å²) in [6.07, 6.45) is 1.05. The molecule has 2 aliphatic heterocycles. The van der Waals surface area contributed by atoms with Crippen LogP contribution in [0.15, 0.2) is 30.3 Å². The average Bonchev–Trinajstić information content (AvgIpc) is 3.08. The van der Waals surface area contributed by atoms with Gasteiger partial charge in [-0.05, 0) is 35.9 Å². The van der Waals surface area contributed by atoms with E-state index in [1.54, 1.807) is 14.2 Å². The van der Waals surface area contributed by atoms with Crippen molar-refractivity contribution in [3.8, 4) is 23.0 Å². The molecule has 2 aliphatic rings. The van der Waals surface area contributed by atoms with Crippen molar-refractivity contribution >= 4 is 0 Å². The molecule has 1 unspecified atom stereocenters. The van der Waals surface area contributed by atoms with E-state index in [0.29, 0.717) is 6.79 Å². The summed E-state index contributed by atoms with van der Waals surface area (Å²) in [5, 5.41) is 0. The minimum atomic E-state index is 0.324. The first kappa shape index (κ1) is 15.1. The topological polar surface area (TPSA) is 41.4 Å². The summed E-state index contributed by atoms with van der Waals surface area (Å²) < 4.78 is 21.7. The van der Waals surface area contributed by atoms with Crippen molar-refractivity contribution in [1.29, 1.82) is 0 Å². The zero-order valence-corrected chi connectivity index (χ0v) is 14.1.